The molecule has 1 aromatic heterocycles. The third kappa shape index (κ3) is 2.28. The summed E-state index contributed by atoms with van der Waals surface area (Å²) >= 11 is 6.16. The highest BCUT2D eigenvalue weighted by Gasteiger charge is 2.17. The Morgan fingerprint density at radius 2 is 2.06 bits per heavy atom. The lowest BCUT2D eigenvalue weighted by Crippen LogP contribution is -2.20. The summed E-state index contributed by atoms with van der Waals surface area (Å²) in [6.45, 7) is 6.21. The number of rotatable bonds is 3. The minimum atomic E-state index is -0.0362. The number of nitrogens with zero attached hydrogens (tertiary/aromatic N) is 2. The van der Waals surface area contributed by atoms with Crippen LogP contribution in [0.2, 0.25) is 5.02 Å². The predicted octanol–water partition coefficient (Wildman–Crippen LogP) is 3.49. The van der Waals surface area contributed by atoms with Crippen molar-refractivity contribution in [3.63, 3.8) is 0 Å². The Bertz CT molecular complexity index is 546. The number of aromatic nitrogens is 2. The summed E-state index contributed by atoms with van der Waals surface area (Å²) < 4.78 is 2.02. The third-order valence-corrected chi connectivity index (χ3v) is 3.63. The van der Waals surface area contributed by atoms with E-state index in [1.165, 1.54) is 0 Å². The van der Waals surface area contributed by atoms with Gasteiger partial charge in [0.15, 0.2) is 0 Å². The average molecular weight is 264 g/mol. The molecular formula is C14H18ClN3. The Balaban J connectivity index is 2.52. The maximum Gasteiger partial charge on any atom is 0.0994 e. The highest BCUT2D eigenvalue weighted by atomic mass is 35.5. The SMILES string of the molecule is Cc1c(Cl)cccc1-n1cncc1C(N)C(C)C. The Labute approximate surface area is 113 Å². The molecule has 2 aromatic rings. The molecule has 0 fully saturated rings. The molecule has 1 atom stereocenters. The molecule has 1 aromatic carbocycles. The fourth-order valence-electron chi connectivity index (χ4n) is 1.95. The van der Waals surface area contributed by atoms with E-state index in [4.69, 9.17) is 17.3 Å². The van der Waals surface area contributed by atoms with Crippen molar-refractivity contribution in [1.82, 2.24) is 9.55 Å². The Kier molecular flexibility index (Phi) is 3.73. The summed E-state index contributed by atoms with van der Waals surface area (Å²) in [4.78, 5) is 4.21. The second kappa shape index (κ2) is 5.12. The zero-order chi connectivity index (χ0) is 13.3. The minimum absolute atomic E-state index is 0.0362. The molecule has 1 unspecified atom stereocenters. The molecule has 18 heavy (non-hydrogen) atoms. The van der Waals surface area contributed by atoms with Crippen LogP contribution < -0.4 is 5.73 Å². The molecule has 0 radical (unpaired) electrons. The van der Waals surface area contributed by atoms with Crippen molar-refractivity contribution in [1.29, 1.82) is 0 Å². The van der Waals surface area contributed by atoms with Gasteiger partial charge in [-0.25, -0.2) is 4.98 Å². The predicted molar refractivity (Wildman–Crippen MR) is 75.1 cm³/mol. The van der Waals surface area contributed by atoms with Gasteiger partial charge in [-0.15, -0.1) is 0 Å². The van der Waals surface area contributed by atoms with Gasteiger partial charge in [-0.3, -0.25) is 0 Å². The maximum atomic E-state index is 6.21. The number of benzene rings is 1. The van der Waals surface area contributed by atoms with Crippen LogP contribution in [0, 0.1) is 12.8 Å². The normalized spacial score (nSPS) is 13.0. The molecule has 0 aliphatic carbocycles. The quantitative estimate of drug-likeness (QED) is 0.921. The molecule has 0 saturated carbocycles. The summed E-state index contributed by atoms with van der Waals surface area (Å²) in [6.07, 6.45) is 3.61. The minimum Gasteiger partial charge on any atom is -0.322 e. The van der Waals surface area contributed by atoms with Crippen molar-refractivity contribution in [2.75, 3.05) is 0 Å². The summed E-state index contributed by atoms with van der Waals surface area (Å²) in [5.74, 6) is 0.361. The van der Waals surface area contributed by atoms with Crippen LogP contribution in [0.1, 0.15) is 31.1 Å². The number of hydrogen-bond acceptors (Lipinski definition) is 2. The standard InChI is InChI=1S/C14H18ClN3/c1-9(2)14(16)13-7-17-8-18(13)12-6-4-5-11(15)10(12)3/h4-9,14H,16H2,1-3H3. The second-order valence-electron chi connectivity index (χ2n) is 4.84. The van der Waals surface area contributed by atoms with Crippen LogP contribution in [0.25, 0.3) is 5.69 Å². The summed E-state index contributed by atoms with van der Waals surface area (Å²) in [5.41, 5.74) is 9.29. The van der Waals surface area contributed by atoms with E-state index in [1.54, 1.807) is 6.33 Å². The highest BCUT2D eigenvalue weighted by molar-refractivity contribution is 6.31. The lowest BCUT2D eigenvalue weighted by Gasteiger charge is -2.19. The average Bonchev–Trinajstić information content (AvgIpc) is 2.80. The highest BCUT2D eigenvalue weighted by Crippen LogP contribution is 2.26. The summed E-state index contributed by atoms with van der Waals surface area (Å²) in [7, 11) is 0. The van der Waals surface area contributed by atoms with Crippen LogP contribution in [0.5, 0.6) is 0 Å². The molecule has 0 aliphatic rings. The molecule has 0 saturated heterocycles. The van der Waals surface area contributed by atoms with Gasteiger partial charge in [-0.2, -0.15) is 0 Å². The van der Waals surface area contributed by atoms with E-state index in [-0.39, 0.29) is 6.04 Å². The molecule has 2 N–H and O–H groups in total. The molecule has 0 amide bonds. The lowest BCUT2D eigenvalue weighted by molar-refractivity contribution is 0.497. The van der Waals surface area contributed by atoms with E-state index >= 15 is 0 Å². The van der Waals surface area contributed by atoms with E-state index in [0.29, 0.717) is 5.92 Å². The van der Waals surface area contributed by atoms with Crippen LogP contribution in [-0.4, -0.2) is 9.55 Å². The number of hydrogen-bond donors (Lipinski definition) is 1. The van der Waals surface area contributed by atoms with Crippen molar-refractivity contribution < 1.29 is 0 Å². The second-order valence-corrected chi connectivity index (χ2v) is 5.25. The number of nitrogens with two attached hydrogens (primary N) is 1. The molecule has 96 valence electrons. The molecule has 2 rings (SSSR count). The van der Waals surface area contributed by atoms with E-state index < -0.39 is 0 Å². The van der Waals surface area contributed by atoms with Gasteiger partial charge in [0, 0.05) is 11.1 Å². The largest absolute Gasteiger partial charge is 0.322 e. The Morgan fingerprint density at radius 3 is 2.72 bits per heavy atom. The number of halogens is 1. The monoisotopic (exact) mass is 263 g/mol. The van der Waals surface area contributed by atoms with Crippen molar-refractivity contribution >= 4 is 11.6 Å². The van der Waals surface area contributed by atoms with Crippen molar-refractivity contribution in [3.8, 4) is 5.69 Å². The van der Waals surface area contributed by atoms with Crippen LogP contribution in [0.3, 0.4) is 0 Å². The summed E-state index contributed by atoms with van der Waals surface area (Å²) in [6, 6.07) is 5.82. The molecule has 4 heteroatoms. The Morgan fingerprint density at radius 1 is 1.33 bits per heavy atom. The van der Waals surface area contributed by atoms with Gasteiger partial charge in [0.25, 0.3) is 0 Å². The van der Waals surface area contributed by atoms with E-state index in [2.05, 4.69) is 18.8 Å². The van der Waals surface area contributed by atoms with Crippen LogP contribution in [-0.2, 0) is 0 Å². The van der Waals surface area contributed by atoms with Crippen molar-refractivity contribution in [2.24, 2.45) is 11.7 Å². The molecule has 3 nitrogen and oxygen atoms in total. The lowest BCUT2D eigenvalue weighted by atomic mass is 10.0. The van der Waals surface area contributed by atoms with E-state index in [0.717, 1.165) is 22.0 Å². The summed E-state index contributed by atoms with van der Waals surface area (Å²) in [5, 5.41) is 0.755. The smallest absolute Gasteiger partial charge is 0.0994 e. The number of imidazole rings is 1. The van der Waals surface area contributed by atoms with E-state index in [1.807, 2.05) is 35.9 Å². The molecule has 1 heterocycles. The van der Waals surface area contributed by atoms with Gasteiger partial charge in [0.2, 0.25) is 0 Å². The topological polar surface area (TPSA) is 43.8 Å². The van der Waals surface area contributed by atoms with Gasteiger partial charge >= 0.3 is 0 Å². The first-order valence-corrected chi connectivity index (χ1v) is 6.43. The van der Waals surface area contributed by atoms with Crippen LogP contribution in [0.4, 0.5) is 0 Å². The van der Waals surface area contributed by atoms with Crippen LogP contribution in [0.15, 0.2) is 30.7 Å². The van der Waals surface area contributed by atoms with Crippen LogP contribution >= 0.6 is 11.6 Å². The molecule has 0 spiro atoms. The third-order valence-electron chi connectivity index (χ3n) is 3.23. The first-order chi connectivity index (χ1) is 8.52. The first-order valence-electron chi connectivity index (χ1n) is 6.05. The van der Waals surface area contributed by atoms with Gasteiger partial charge in [0.05, 0.1) is 23.9 Å². The fourth-order valence-corrected chi connectivity index (χ4v) is 2.12. The zero-order valence-electron chi connectivity index (χ0n) is 10.9. The van der Waals surface area contributed by atoms with Crippen molar-refractivity contribution in [3.05, 3.63) is 47.0 Å². The van der Waals surface area contributed by atoms with Gasteiger partial charge in [-0.05, 0) is 30.5 Å². The fraction of sp³-hybridized carbons (Fsp3) is 0.357. The van der Waals surface area contributed by atoms with Crippen molar-refractivity contribution in [2.45, 2.75) is 26.8 Å². The molecule has 0 aliphatic heterocycles. The zero-order valence-corrected chi connectivity index (χ0v) is 11.6. The maximum absolute atomic E-state index is 6.21. The molecular weight excluding hydrogens is 246 g/mol. The van der Waals surface area contributed by atoms with Gasteiger partial charge < -0.3 is 10.3 Å². The van der Waals surface area contributed by atoms with Gasteiger partial charge in [-0.1, -0.05) is 31.5 Å². The van der Waals surface area contributed by atoms with Gasteiger partial charge in [0.1, 0.15) is 0 Å². The molecule has 0 bridgehead atoms. The first kappa shape index (κ1) is 13.1. The Hall–Kier alpha value is -1.32. The van der Waals surface area contributed by atoms with E-state index in [9.17, 15) is 0 Å².